The summed E-state index contributed by atoms with van der Waals surface area (Å²) in [4.78, 5) is 3.94. The van der Waals surface area contributed by atoms with E-state index in [1.165, 1.54) is 30.2 Å². The zero-order chi connectivity index (χ0) is 13.7. The second-order valence-electron chi connectivity index (χ2n) is 3.49. The Hall–Kier alpha value is -1.45. The average molecular weight is 302 g/mol. The molecule has 0 radical (unpaired) electrons. The SMILES string of the molecule is O=S(=O)(NCCSc1ncn[nH]1)c1ccc(F)cc1. The molecule has 19 heavy (non-hydrogen) atoms. The van der Waals surface area contributed by atoms with Crippen molar-refractivity contribution in [3.8, 4) is 0 Å². The highest BCUT2D eigenvalue weighted by Gasteiger charge is 2.13. The Morgan fingerprint density at radius 3 is 2.68 bits per heavy atom. The van der Waals surface area contributed by atoms with Gasteiger partial charge in [0.2, 0.25) is 10.0 Å². The highest BCUT2D eigenvalue weighted by atomic mass is 32.2. The minimum Gasteiger partial charge on any atom is -0.254 e. The van der Waals surface area contributed by atoms with Crippen LogP contribution in [0, 0.1) is 5.82 Å². The quantitative estimate of drug-likeness (QED) is 0.614. The van der Waals surface area contributed by atoms with Crippen LogP contribution in [0.2, 0.25) is 0 Å². The number of halogens is 1. The van der Waals surface area contributed by atoms with Crippen LogP contribution in [0.4, 0.5) is 4.39 Å². The van der Waals surface area contributed by atoms with E-state index < -0.39 is 15.8 Å². The lowest BCUT2D eigenvalue weighted by atomic mass is 10.4. The molecule has 0 fully saturated rings. The number of sulfonamides is 1. The molecule has 2 N–H and O–H groups in total. The highest BCUT2D eigenvalue weighted by Crippen LogP contribution is 2.11. The molecule has 0 aliphatic heterocycles. The van der Waals surface area contributed by atoms with Gasteiger partial charge >= 0.3 is 0 Å². The molecule has 0 saturated carbocycles. The van der Waals surface area contributed by atoms with Crippen LogP contribution in [-0.4, -0.2) is 35.9 Å². The molecule has 102 valence electrons. The standard InChI is InChI=1S/C10H11FN4O2S2/c11-8-1-3-9(4-2-8)19(16,17)14-5-6-18-10-12-7-13-15-10/h1-4,7,14H,5-6H2,(H,12,13,15). The van der Waals surface area contributed by atoms with Crippen LogP contribution >= 0.6 is 11.8 Å². The zero-order valence-corrected chi connectivity index (χ0v) is 11.3. The second-order valence-corrected chi connectivity index (χ2v) is 6.34. The summed E-state index contributed by atoms with van der Waals surface area (Å²) in [5, 5.41) is 6.96. The molecule has 0 aliphatic rings. The summed E-state index contributed by atoms with van der Waals surface area (Å²) in [6.45, 7) is 0.241. The second kappa shape index (κ2) is 6.13. The summed E-state index contributed by atoms with van der Waals surface area (Å²) >= 11 is 1.35. The van der Waals surface area contributed by atoms with E-state index in [0.717, 1.165) is 12.1 Å². The minimum atomic E-state index is -3.59. The lowest BCUT2D eigenvalue weighted by Gasteiger charge is -2.05. The molecule has 6 nitrogen and oxygen atoms in total. The van der Waals surface area contributed by atoms with Crippen LogP contribution in [0.25, 0.3) is 0 Å². The number of hydrogen-bond acceptors (Lipinski definition) is 5. The van der Waals surface area contributed by atoms with Gasteiger partial charge in [0.15, 0.2) is 5.16 Å². The number of hydrogen-bond donors (Lipinski definition) is 2. The molecule has 0 amide bonds. The Labute approximate surface area is 113 Å². The smallest absolute Gasteiger partial charge is 0.240 e. The fraction of sp³-hybridized carbons (Fsp3) is 0.200. The van der Waals surface area contributed by atoms with Crippen molar-refractivity contribution < 1.29 is 12.8 Å². The molecule has 1 heterocycles. The van der Waals surface area contributed by atoms with E-state index in [2.05, 4.69) is 19.9 Å². The van der Waals surface area contributed by atoms with Gasteiger partial charge in [-0.05, 0) is 24.3 Å². The van der Waals surface area contributed by atoms with Gasteiger partial charge < -0.3 is 0 Å². The number of nitrogens with zero attached hydrogens (tertiary/aromatic N) is 2. The van der Waals surface area contributed by atoms with Crippen LogP contribution in [0.15, 0.2) is 40.6 Å². The average Bonchev–Trinajstić information content (AvgIpc) is 2.88. The van der Waals surface area contributed by atoms with Crippen molar-refractivity contribution in [1.82, 2.24) is 19.9 Å². The molecule has 0 aliphatic carbocycles. The number of benzene rings is 1. The molecular weight excluding hydrogens is 291 g/mol. The van der Waals surface area contributed by atoms with Gasteiger partial charge in [-0.15, -0.1) is 0 Å². The van der Waals surface area contributed by atoms with E-state index in [0.29, 0.717) is 10.9 Å². The number of thioether (sulfide) groups is 1. The molecule has 0 atom stereocenters. The molecule has 9 heteroatoms. The topological polar surface area (TPSA) is 87.7 Å². The van der Waals surface area contributed by atoms with Crippen molar-refractivity contribution in [2.24, 2.45) is 0 Å². The third-order valence-corrected chi connectivity index (χ3v) is 4.51. The predicted molar refractivity (Wildman–Crippen MR) is 68.7 cm³/mol. The van der Waals surface area contributed by atoms with E-state index >= 15 is 0 Å². The van der Waals surface area contributed by atoms with Crippen LogP contribution in [0.3, 0.4) is 0 Å². The van der Waals surface area contributed by atoms with Gasteiger partial charge in [0, 0.05) is 12.3 Å². The van der Waals surface area contributed by atoms with Gasteiger partial charge in [-0.2, -0.15) is 5.10 Å². The van der Waals surface area contributed by atoms with Gasteiger partial charge in [-0.1, -0.05) is 11.8 Å². The fourth-order valence-electron chi connectivity index (χ4n) is 1.28. The highest BCUT2D eigenvalue weighted by molar-refractivity contribution is 7.99. The summed E-state index contributed by atoms with van der Waals surface area (Å²) < 4.78 is 38.8. The van der Waals surface area contributed by atoms with Crippen molar-refractivity contribution in [2.75, 3.05) is 12.3 Å². The number of aromatic nitrogens is 3. The lowest BCUT2D eigenvalue weighted by molar-refractivity contribution is 0.583. The maximum atomic E-state index is 12.7. The van der Waals surface area contributed by atoms with Crippen molar-refractivity contribution >= 4 is 21.8 Å². The van der Waals surface area contributed by atoms with E-state index in [1.807, 2.05) is 0 Å². The number of aromatic amines is 1. The third-order valence-electron chi connectivity index (χ3n) is 2.15. The minimum absolute atomic E-state index is 0.0403. The molecule has 1 aromatic heterocycles. The maximum Gasteiger partial charge on any atom is 0.240 e. The monoisotopic (exact) mass is 302 g/mol. The Morgan fingerprint density at radius 2 is 2.05 bits per heavy atom. The first-order valence-electron chi connectivity index (χ1n) is 5.31. The molecule has 0 bridgehead atoms. The summed E-state index contributed by atoms with van der Waals surface area (Å²) in [6, 6.07) is 4.66. The number of H-pyrrole nitrogens is 1. The Kier molecular flexibility index (Phi) is 4.51. The molecule has 0 spiro atoms. The van der Waals surface area contributed by atoms with Crippen LogP contribution < -0.4 is 4.72 Å². The summed E-state index contributed by atoms with van der Waals surface area (Å²) in [7, 11) is -3.59. The van der Waals surface area contributed by atoms with E-state index in [4.69, 9.17) is 0 Å². The predicted octanol–water partition coefficient (Wildman–Crippen LogP) is 1.01. The summed E-state index contributed by atoms with van der Waals surface area (Å²) in [5.74, 6) is 0.0372. The number of rotatable bonds is 6. The fourth-order valence-corrected chi connectivity index (χ4v) is 3.08. The zero-order valence-electron chi connectivity index (χ0n) is 9.71. The molecule has 0 saturated heterocycles. The first kappa shape index (κ1) is 14.0. The first-order valence-corrected chi connectivity index (χ1v) is 7.78. The molecule has 2 aromatic rings. The molecule has 1 aromatic carbocycles. The molecular formula is C10H11FN4O2S2. The van der Waals surface area contributed by atoms with E-state index in [9.17, 15) is 12.8 Å². The van der Waals surface area contributed by atoms with Gasteiger partial charge in [-0.25, -0.2) is 22.5 Å². The lowest BCUT2D eigenvalue weighted by Crippen LogP contribution is -2.26. The van der Waals surface area contributed by atoms with Gasteiger partial charge in [0.25, 0.3) is 0 Å². The summed E-state index contributed by atoms with van der Waals surface area (Å²) in [5.41, 5.74) is 0. The Bertz CT molecular complexity index is 613. The van der Waals surface area contributed by atoms with Crippen molar-refractivity contribution in [1.29, 1.82) is 0 Å². The van der Waals surface area contributed by atoms with Crippen molar-refractivity contribution in [2.45, 2.75) is 10.1 Å². The molecule has 0 unspecified atom stereocenters. The van der Waals surface area contributed by atoms with E-state index in [-0.39, 0.29) is 11.4 Å². The molecule has 2 rings (SSSR count). The Balaban J connectivity index is 1.86. The van der Waals surface area contributed by atoms with E-state index in [1.54, 1.807) is 0 Å². The normalized spacial score (nSPS) is 11.6. The maximum absolute atomic E-state index is 12.7. The van der Waals surface area contributed by atoms with Gasteiger partial charge in [0.05, 0.1) is 4.90 Å². The summed E-state index contributed by atoms with van der Waals surface area (Å²) in [6.07, 6.45) is 1.38. The van der Waals surface area contributed by atoms with Gasteiger partial charge in [-0.3, -0.25) is 5.10 Å². The van der Waals surface area contributed by atoms with Crippen LogP contribution in [-0.2, 0) is 10.0 Å². The third kappa shape index (κ3) is 4.01. The van der Waals surface area contributed by atoms with Gasteiger partial charge in [0.1, 0.15) is 12.1 Å². The number of nitrogens with one attached hydrogen (secondary N) is 2. The van der Waals surface area contributed by atoms with Crippen molar-refractivity contribution in [3.63, 3.8) is 0 Å². The van der Waals surface area contributed by atoms with Crippen molar-refractivity contribution in [3.05, 3.63) is 36.4 Å². The Morgan fingerprint density at radius 1 is 1.32 bits per heavy atom. The van der Waals surface area contributed by atoms with Crippen LogP contribution in [0.1, 0.15) is 0 Å². The van der Waals surface area contributed by atoms with Crippen LogP contribution in [0.5, 0.6) is 0 Å². The largest absolute Gasteiger partial charge is 0.254 e. The first-order chi connectivity index (χ1) is 9.08.